The third kappa shape index (κ3) is 3.97. The van der Waals surface area contributed by atoms with Crippen molar-refractivity contribution < 1.29 is 14.7 Å². The quantitative estimate of drug-likeness (QED) is 0.856. The van der Waals surface area contributed by atoms with Crippen LogP contribution in [0.3, 0.4) is 0 Å². The number of aromatic nitrogens is 2. The minimum atomic E-state index is -0.972. The molecule has 2 N–H and O–H groups in total. The average molecular weight is 315 g/mol. The second-order valence-corrected chi connectivity index (χ2v) is 5.56. The molecule has 0 saturated heterocycles. The number of carboxylic acids is 1. The number of hydrogen-bond acceptors (Lipinski definition) is 3. The van der Waals surface area contributed by atoms with Crippen LogP contribution in [-0.4, -0.2) is 26.8 Å². The molecule has 1 amide bonds. The topological polar surface area (TPSA) is 84.2 Å². The van der Waals surface area contributed by atoms with Gasteiger partial charge in [0, 0.05) is 24.7 Å². The molecule has 23 heavy (non-hydrogen) atoms. The first-order valence-electron chi connectivity index (χ1n) is 7.49. The molecule has 2 aromatic rings. The molecule has 6 heteroatoms. The van der Waals surface area contributed by atoms with Crippen LogP contribution in [0.25, 0.3) is 0 Å². The van der Waals surface area contributed by atoms with Crippen LogP contribution in [0.1, 0.15) is 46.6 Å². The van der Waals surface area contributed by atoms with Gasteiger partial charge in [0.25, 0.3) is 0 Å². The van der Waals surface area contributed by atoms with Gasteiger partial charge in [-0.25, -0.2) is 4.79 Å². The summed E-state index contributed by atoms with van der Waals surface area (Å²) in [4.78, 5) is 23.3. The Hall–Kier alpha value is -2.63. The fourth-order valence-corrected chi connectivity index (χ4v) is 2.53. The van der Waals surface area contributed by atoms with E-state index in [1.54, 1.807) is 35.1 Å². The summed E-state index contributed by atoms with van der Waals surface area (Å²) >= 11 is 0. The molecule has 1 unspecified atom stereocenters. The standard InChI is InChI=1S/C17H21N3O3/c1-11(15-10-18-20(3)12(15)2)19-16(21)9-8-13-6-4-5-7-14(13)17(22)23/h4-7,10-11H,8-9H2,1-3H3,(H,19,21)(H,22,23). The highest BCUT2D eigenvalue weighted by atomic mass is 16.4. The molecule has 1 aromatic carbocycles. The number of aryl methyl sites for hydroxylation is 2. The van der Waals surface area contributed by atoms with Crippen molar-refractivity contribution in [2.24, 2.45) is 7.05 Å². The molecule has 6 nitrogen and oxygen atoms in total. The fraction of sp³-hybridized carbons (Fsp3) is 0.353. The largest absolute Gasteiger partial charge is 0.478 e. The zero-order valence-corrected chi connectivity index (χ0v) is 13.5. The Morgan fingerprint density at radius 1 is 1.35 bits per heavy atom. The van der Waals surface area contributed by atoms with E-state index in [1.807, 2.05) is 20.9 Å². The van der Waals surface area contributed by atoms with E-state index in [2.05, 4.69) is 10.4 Å². The summed E-state index contributed by atoms with van der Waals surface area (Å²) in [5.41, 5.74) is 2.90. The molecule has 2 rings (SSSR count). The highest BCUT2D eigenvalue weighted by Gasteiger charge is 2.15. The number of carboxylic acid groups (broad SMARTS) is 1. The molecule has 0 fully saturated rings. The van der Waals surface area contributed by atoms with Crippen molar-refractivity contribution in [1.82, 2.24) is 15.1 Å². The normalized spacial score (nSPS) is 12.0. The van der Waals surface area contributed by atoms with Crippen molar-refractivity contribution in [3.05, 3.63) is 52.8 Å². The first-order chi connectivity index (χ1) is 10.9. The third-order valence-corrected chi connectivity index (χ3v) is 3.99. The second kappa shape index (κ2) is 7.09. The summed E-state index contributed by atoms with van der Waals surface area (Å²) in [5, 5.41) is 16.2. The maximum atomic E-state index is 12.1. The number of benzene rings is 1. The molecule has 1 atom stereocenters. The second-order valence-electron chi connectivity index (χ2n) is 5.56. The molecule has 0 aliphatic carbocycles. The lowest BCUT2D eigenvalue weighted by molar-refractivity contribution is -0.121. The van der Waals surface area contributed by atoms with E-state index in [4.69, 9.17) is 5.11 Å². The number of carbonyl (C=O) groups excluding carboxylic acids is 1. The molecule has 0 spiro atoms. The van der Waals surface area contributed by atoms with Crippen LogP contribution in [0.4, 0.5) is 0 Å². The predicted molar refractivity (Wildman–Crippen MR) is 86.2 cm³/mol. The molecule has 0 bridgehead atoms. The highest BCUT2D eigenvalue weighted by Crippen LogP contribution is 2.16. The van der Waals surface area contributed by atoms with Crippen molar-refractivity contribution in [1.29, 1.82) is 0 Å². The summed E-state index contributed by atoms with van der Waals surface area (Å²) in [5.74, 6) is -1.08. The van der Waals surface area contributed by atoms with Gasteiger partial charge in [0.2, 0.25) is 5.91 Å². The number of hydrogen-bond donors (Lipinski definition) is 2. The Morgan fingerprint density at radius 2 is 2.04 bits per heavy atom. The van der Waals surface area contributed by atoms with Gasteiger partial charge in [-0.15, -0.1) is 0 Å². The predicted octanol–water partition coefficient (Wildman–Crippen LogP) is 2.24. The summed E-state index contributed by atoms with van der Waals surface area (Å²) < 4.78 is 1.76. The minimum absolute atomic E-state index is 0.110. The van der Waals surface area contributed by atoms with Gasteiger partial charge in [-0.05, 0) is 31.9 Å². The number of nitrogens with zero attached hydrogens (tertiary/aromatic N) is 2. The monoisotopic (exact) mass is 315 g/mol. The molecule has 1 heterocycles. The lowest BCUT2D eigenvalue weighted by Gasteiger charge is -2.14. The van der Waals surface area contributed by atoms with Crippen LogP contribution in [-0.2, 0) is 18.3 Å². The van der Waals surface area contributed by atoms with Crippen molar-refractivity contribution in [3.8, 4) is 0 Å². The van der Waals surface area contributed by atoms with Gasteiger partial charge < -0.3 is 10.4 Å². The van der Waals surface area contributed by atoms with Gasteiger partial charge in [0.1, 0.15) is 0 Å². The lowest BCUT2D eigenvalue weighted by Crippen LogP contribution is -2.27. The molecular formula is C17H21N3O3. The summed E-state index contributed by atoms with van der Waals surface area (Å²) in [7, 11) is 1.86. The lowest BCUT2D eigenvalue weighted by atomic mass is 10.0. The smallest absolute Gasteiger partial charge is 0.335 e. The van der Waals surface area contributed by atoms with Crippen LogP contribution in [0, 0.1) is 6.92 Å². The Morgan fingerprint density at radius 3 is 2.65 bits per heavy atom. The van der Waals surface area contributed by atoms with E-state index in [-0.39, 0.29) is 23.9 Å². The molecule has 0 saturated carbocycles. The van der Waals surface area contributed by atoms with E-state index in [9.17, 15) is 9.59 Å². The number of carbonyl (C=O) groups is 2. The molecule has 0 radical (unpaired) electrons. The van der Waals surface area contributed by atoms with Gasteiger partial charge in [-0.3, -0.25) is 9.48 Å². The van der Waals surface area contributed by atoms with Gasteiger partial charge >= 0.3 is 5.97 Å². The number of amides is 1. The zero-order valence-electron chi connectivity index (χ0n) is 13.5. The molecule has 0 aliphatic rings. The van der Waals surface area contributed by atoms with Gasteiger partial charge in [0.05, 0.1) is 17.8 Å². The van der Waals surface area contributed by atoms with Crippen LogP contribution in [0.5, 0.6) is 0 Å². The van der Waals surface area contributed by atoms with Crippen molar-refractivity contribution >= 4 is 11.9 Å². The Labute approximate surface area is 135 Å². The molecular weight excluding hydrogens is 294 g/mol. The number of nitrogens with one attached hydrogen (secondary N) is 1. The molecule has 1 aromatic heterocycles. The SMILES string of the molecule is Cc1c(C(C)NC(=O)CCc2ccccc2C(=O)O)cnn1C. The van der Waals surface area contributed by atoms with Gasteiger partial charge in [-0.1, -0.05) is 18.2 Å². The van der Waals surface area contributed by atoms with Gasteiger partial charge in [-0.2, -0.15) is 5.10 Å². The van der Waals surface area contributed by atoms with Crippen molar-refractivity contribution in [2.75, 3.05) is 0 Å². The molecule has 0 aliphatic heterocycles. The summed E-state index contributed by atoms with van der Waals surface area (Å²) in [6.07, 6.45) is 2.39. The van der Waals surface area contributed by atoms with Crippen LogP contribution in [0.15, 0.2) is 30.5 Å². The van der Waals surface area contributed by atoms with E-state index >= 15 is 0 Å². The average Bonchev–Trinajstić information content (AvgIpc) is 2.85. The maximum Gasteiger partial charge on any atom is 0.335 e. The maximum absolute atomic E-state index is 12.1. The summed E-state index contributed by atoms with van der Waals surface area (Å²) in [6, 6.07) is 6.62. The van der Waals surface area contributed by atoms with Crippen LogP contribution < -0.4 is 5.32 Å². The number of rotatable bonds is 6. The van der Waals surface area contributed by atoms with E-state index < -0.39 is 5.97 Å². The van der Waals surface area contributed by atoms with E-state index in [1.165, 1.54) is 0 Å². The van der Waals surface area contributed by atoms with Crippen LogP contribution in [0.2, 0.25) is 0 Å². The zero-order chi connectivity index (χ0) is 17.0. The first kappa shape index (κ1) is 16.7. The highest BCUT2D eigenvalue weighted by molar-refractivity contribution is 5.89. The summed E-state index contributed by atoms with van der Waals surface area (Å²) in [6.45, 7) is 3.86. The Bertz CT molecular complexity index is 722. The first-order valence-corrected chi connectivity index (χ1v) is 7.49. The third-order valence-electron chi connectivity index (χ3n) is 3.99. The van der Waals surface area contributed by atoms with Crippen molar-refractivity contribution in [3.63, 3.8) is 0 Å². The van der Waals surface area contributed by atoms with E-state index in [0.717, 1.165) is 11.3 Å². The minimum Gasteiger partial charge on any atom is -0.478 e. The molecule has 122 valence electrons. The van der Waals surface area contributed by atoms with Crippen molar-refractivity contribution in [2.45, 2.75) is 32.7 Å². The number of aromatic carboxylic acids is 1. The van der Waals surface area contributed by atoms with E-state index in [0.29, 0.717) is 12.0 Å². The van der Waals surface area contributed by atoms with Crippen LogP contribution >= 0.6 is 0 Å². The Balaban J connectivity index is 1.96. The fourth-order valence-electron chi connectivity index (χ4n) is 2.53. The Kier molecular flexibility index (Phi) is 5.16. The van der Waals surface area contributed by atoms with Gasteiger partial charge in [0.15, 0.2) is 0 Å².